The number of hydrogen-bond acceptors (Lipinski definition) is 5. The number of piperidine rings is 1. The fourth-order valence-electron chi connectivity index (χ4n) is 3.63. The Labute approximate surface area is 167 Å². The third-order valence-corrected chi connectivity index (χ3v) is 5.34. The first kappa shape index (κ1) is 20.0. The molecule has 6 heteroatoms. The van der Waals surface area contributed by atoms with Crippen LogP contribution in [0.3, 0.4) is 0 Å². The molecule has 0 unspecified atom stereocenters. The largest absolute Gasteiger partial charge is 0.384 e. The summed E-state index contributed by atoms with van der Waals surface area (Å²) in [6.45, 7) is 9.87. The van der Waals surface area contributed by atoms with Crippen molar-refractivity contribution in [3.63, 3.8) is 0 Å². The van der Waals surface area contributed by atoms with Crippen LogP contribution in [0.5, 0.6) is 0 Å². The van der Waals surface area contributed by atoms with Crippen LogP contribution >= 0.6 is 0 Å². The summed E-state index contributed by atoms with van der Waals surface area (Å²) in [4.78, 5) is 13.5. The molecule has 0 spiro atoms. The van der Waals surface area contributed by atoms with Crippen molar-refractivity contribution in [2.45, 2.75) is 33.6 Å². The van der Waals surface area contributed by atoms with E-state index in [1.54, 1.807) is 0 Å². The van der Waals surface area contributed by atoms with E-state index in [4.69, 9.17) is 0 Å². The van der Waals surface area contributed by atoms with Crippen LogP contribution in [-0.2, 0) is 0 Å². The highest BCUT2D eigenvalue weighted by Gasteiger charge is 2.16. The van der Waals surface area contributed by atoms with Gasteiger partial charge in [-0.3, -0.25) is 0 Å². The van der Waals surface area contributed by atoms with Crippen LogP contribution in [-0.4, -0.2) is 26.2 Å². The lowest BCUT2D eigenvalue weighted by Gasteiger charge is -2.32. The molecule has 28 heavy (non-hydrogen) atoms. The minimum Gasteiger partial charge on any atom is -0.384 e. The maximum atomic E-state index is 11.1. The summed E-state index contributed by atoms with van der Waals surface area (Å²) >= 11 is 0. The van der Waals surface area contributed by atoms with Gasteiger partial charge in [-0.05, 0) is 75.1 Å². The van der Waals surface area contributed by atoms with Crippen LogP contribution in [0.2, 0.25) is 0 Å². The van der Waals surface area contributed by atoms with E-state index in [-0.39, 0.29) is 0 Å². The molecule has 0 bridgehead atoms. The summed E-state index contributed by atoms with van der Waals surface area (Å²) in [5.74, 6) is 0.837. The molecule has 0 radical (unpaired) electrons. The smallest absolute Gasteiger partial charge is 0.0858 e. The third kappa shape index (κ3) is 4.74. The van der Waals surface area contributed by atoms with Crippen LogP contribution in [0.1, 0.15) is 33.6 Å². The fourth-order valence-corrected chi connectivity index (χ4v) is 3.63. The second-order valence-electron chi connectivity index (χ2n) is 7.40. The minimum absolute atomic E-state index is 0.533. The number of benzene rings is 2. The number of anilines is 5. The van der Waals surface area contributed by atoms with Crippen LogP contribution < -0.4 is 20.5 Å². The maximum absolute atomic E-state index is 11.1. The molecule has 1 aliphatic rings. The van der Waals surface area contributed by atoms with Gasteiger partial charge in [0.15, 0.2) is 0 Å². The normalized spacial score (nSPS) is 14.6. The fraction of sp³-hybridized carbons (Fsp3) is 0.455. The third-order valence-electron chi connectivity index (χ3n) is 5.34. The van der Waals surface area contributed by atoms with Crippen LogP contribution in [0.4, 0.5) is 28.4 Å². The molecule has 1 heterocycles. The molecular formula is C22H31N5O. The highest BCUT2D eigenvalue weighted by molar-refractivity contribution is 5.76. The molecule has 2 N–H and O–H groups in total. The standard InChI is InChI=1S/C22H31N5O/c1-4-23-21-16-19(8-11-22(21)27(5-2)25-28)24-18-6-9-20(10-7-18)26-14-12-17(3)13-15-26/h6-11,16-17,23-24H,4-5,12-15H2,1-3H3. The summed E-state index contributed by atoms with van der Waals surface area (Å²) in [5.41, 5.74) is 5.00. The highest BCUT2D eigenvalue weighted by Crippen LogP contribution is 2.31. The Morgan fingerprint density at radius 2 is 1.75 bits per heavy atom. The van der Waals surface area contributed by atoms with Crippen molar-refractivity contribution in [1.82, 2.24) is 0 Å². The summed E-state index contributed by atoms with van der Waals surface area (Å²) in [6.07, 6.45) is 2.54. The Hall–Kier alpha value is -2.76. The topological polar surface area (TPSA) is 60.0 Å². The van der Waals surface area contributed by atoms with Gasteiger partial charge in [0, 0.05) is 43.2 Å². The maximum Gasteiger partial charge on any atom is 0.0858 e. The average Bonchev–Trinajstić information content (AvgIpc) is 2.72. The van der Waals surface area contributed by atoms with Gasteiger partial charge in [0.2, 0.25) is 0 Å². The van der Waals surface area contributed by atoms with Crippen LogP contribution in [0, 0.1) is 10.8 Å². The van der Waals surface area contributed by atoms with Gasteiger partial charge in [-0.25, -0.2) is 5.01 Å². The van der Waals surface area contributed by atoms with Gasteiger partial charge in [-0.2, -0.15) is 0 Å². The van der Waals surface area contributed by atoms with Crippen molar-refractivity contribution in [2.24, 2.45) is 11.2 Å². The van der Waals surface area contributed by atoms with Crippen molar-refractivity contribution >= 4 is 28.4 Å². The van der Waals surface area contributed by atoms with Crippen molar-refractivity contribution in [3.05, 3.63) is 47.4 Å². The summed E-state index contributed by atoms with van der Waals surface area (Å²) in [5, 5.41) is 11.3. The number of rotatable bonds is 8. The Morgan fingerprint density at radius 3 is 2.36 bits per heavy atom. The second kappa shape index (κ2) is 9.44. The van der Waals surface area contributed by atoms with Gasteiger partial charge in [0.25, 0.3) is 0 Å². The zero-order valence-corrected chi connectivity index (χ0v) is 17.1. The molecule has 6 nitrogen and oxygen atoms in total. The Morgan fingerprint density at radius 1 is 1.07 bits per heavy atom. The first-order chi connectivity index (χ1) is 13.6. The first-order valence-electron chi connectivity index (χ1n) is 10.2. The molecule has 0 aromatic heterocycles. The molecule has 0 saturated carbocycles. The number of nitroso groups, excluding NO2 is 1. The van der Waals surface area contributed by atoms with Crippen molar-refractivity contribution in [3.8, 4) is 0 Å². The zero-order valence-electron chi connectivity index (χ0n) is 17.1. The van der Waals surface area contributed by atoms with Gasteiger partial charge in [-0.1, -0.05) is 6.92 Å². The molecular weight excluding hydrogens is 350 g/mol. The first-order valence-corrected chi connectivity index (χ1v) is 10.2. The molecule has 1 saturated heterocycles. The Kier molecular flexibility index (Phi) is 6.74. The molecule has 2 aromatic rings. The SMILES string of the molecule is CCNc1cc(Nc2ccc(N3CCC(C)CC3)cc2)ccc1N(CC)N=O. The van der Waals surface area contributed by atoms with Crippen molar-refractivity contribution < 1.29 is 0 Å². The molecule has 0 atom stereocenters. The molecule has 150 valence electrons. The molecule has 2 aromatic carbocycles. The molecule has 3 rings (SSSR count). The predicted molar refractivity (Wildman–Crippen MR) is 120 cm³/mol. The van der Waals surface area contributed by atoms with Crippen molar-refractivity contribution in [1.29, 1.82) is 0 Å². The van der Waals surface area contributed by atoms with Crippen LogP contribution in [0.15, 0.2) is 47.8 Å². The summed E-state index contributed by atoms with van der Waals surface area (Å²) in [7, 11) is 0. The number of hydrogen-bond donors (Lipinski definition) is 2. The van der Waals surface area contributed by atoms with E-state index in [0.717, 1.165) is 48.3 Å². The van der Waals surface area contributed by atoms with E-state index in [2.05, 4.69) is 52.0 Å². The van der Waals surface area contributed by atoms with E-state index < -0.39 is 0 Å². The zero-order chi connectivity index (χ0) is 19.9. The van der Waals surface area contributed by atoms with Gasteiger partial charge in [-0.15, -0.1) is 4.91 Å². The van der Waals surface area contributed by atoms with Gasteiger partial charge >= 0.3 is 0 Å². The lowest BCUT2D eigenvalue weighted by molar-refractivity contribution is 0.438. The van der Waals surface area contributed by atoms with E-state index in [0.29, 0.717) is 6.54 Å². The summed E-state index contributed by atoms with van der Waals surface area (Å²) < 4.78 is 0. The monoisotopic (exact) mass is 381 g/mol. The Bertz CT molecular complexity index is 769. The lowest BCUT2D eigenvalue weighted by atomic mass is 9.99. The second-order valence-corrected chi connectivity index (χ2v) is 7.40. The van der Waals surface area contributed by atoms with E-state index >= 15 is 0 Å². The van der Waals surface area contributed by atoms with Gasteiger partial charge < -0.3 is 15.5 Å². The molecule has 0 amide bonds. The molecule has 1 fully saturated rings. The summed E-state index contributed by atoms with van der Waals surface area (Å²) in [6, 6.07) is 14.5. The Balaban J connectivity index is 1.72. The highest BCUT2D eigenvalue weighted by atomic mass is 16.3. The van der Waals surface area contributed by atoms with Gasteiger partial charge in [0.1, 0.15) is 0 Å². The number of nitrogens with one attached hydrogen (secondary N) is 2. The average molecular weight is 382 g/mol. The number of nitrogens with zero attached hydrogens (tertiary/aromatic N) is 3. The van der Waals surface area contributed by atoms with Crippen molar-refractivity contribution in [2.75, 3.05) is 46.7 Å². The van der Waals surface area contributed by atoms with Crippen LogP contribution in [0.25, 0.3) is 0 Å². The van der Waals surface area contributed by atoms with E-state index in [1.165, 1.54) is 23.5 Å². The molecule has 0 aliphatic carbocycles. The quantitative estimate of drug-likeness (QED) is 0.460. The lowest BCUT2D eigenvalue weighted by Crippen LogP contribution is -2.32. The van der Waals surface area contributed by atoms with E-state index in [1.807, 2.05) is 32.0 Å². The predicted octanol–water partition coefficient (Wildman–Crippen LogP) is 5.61. The van der Waals surface area contributed by atoms with Gasteiger partial charge in [0.05, 0.1) is 16.7 Å². The van der Waals surface area contributed by atoms with E-state index in [9.17, 15) is 4.91 Å². The minimum atomic E-state index is 0.533. The molecule has 1 aliphatic heterocycles.